The van der Waals surface area contributed by atoms with Crippen LogP contribution in [0, 0.1) is 5.92 Å². The molecule has 2 unspecified atom stereocenters. The monoisotopic (exact) mass is 627 g/mol. The van der Waals surface area contributed by atoms with Crippen molar-refractivity contribution >= 4 is 51.8 Å². The SMILES string of the molecule is CC(C)c1ccc(NC(=O)CCNC(=O)c2ccc(C3=C(I)C4C=C(C(=O)O)C(O)=CC4N3C)cc2)cc1. The Morgan fingerprint density at radius 3 is 2.29 bits per heavy atom. The van der Waals surface area contributed by atoms with Crippen LogP contribution in [-0.4, -0.2) is 52.5 Å². The lowest BCUT2D eigenvalue weighted by Gasteiger charge is -2.28. The third-order valence-electron chi connectivity index (χ3n) is 6.79. The Labute approximate surface area is 235 Å². The smallest absolute Gasteiger partial charge is 0.339 e. The molecule has 0 fully saturated rings. The molecule has 38 heavy (non-hydrogen) atoms. The highest BCUT2D eigenvalue weighted by molar-refractivity contribution is 14.1. The highest BCUT2D eigenvalue weighted by atomic mass is 127. The number of halogens is 1. The highest BCUT2D eigenvalue weighted by Crippen LogP contribution is 2.46. The first-order valence-electron chi connectivity index (χ1n) is 12.3. The van der Waals surface area contributed by atoms with Gasteiger partial charge in [-0.05, 0) is 70.0 Å². The zero-order chi connectivity index (χ0) is 27.6. The molecule has 4 N–H and O–H groups in total. The number of aliphatic hydroxyl groups is 1. The number of carboxylic acids is 1. The molecule has 2 amide bonds. The number of fused-ring (bicyclic) bond motifs is 1. The molecule has 0 spiro atoms. The summed E-state index contributed by atoms with van der Waals surface area (Å²) in [5.74, 6) is -1.61. The van der Waals surface area contributed by atoms with Gasteiger partial charge in [-0.1, -0.05) is 44.2 Å². The van der Waals surface area contributed by atoms with Crippen molar-refractivity contribution in [2.45, 2.75) is 32.2 Å². The quantitative estimate of drug-likeness (QED) is 0.304. The minimum Gasteiger partial charge on any atom is -0.507 e. The van der Waals surface area contributed by atoms with Crippen LogP contribution in [-0.2, 0) is 9.59 Å². The van der Waals surface area contributed by atoms with Gasteiger partial charge in [0.25, 0.3) is 5.91 Å². The van der Waals surface area contributed by atoms with E-state index in [9.17, 15) is 24.6 Å². The fourth-order valence-electron chi connectivity index (χ4n) is 4.64. The first-order chi connectivity index (χ1) is 18.1. The van der Waals surface area contributed by atoms with Gasteiger partial charge < -0.3 is 25.7 Å². The normalized spacial score (nSPS) is 18.6. The second-order valence-electron chi connectivity index (χ2n) is 9.67. The van der Waals surface area contributed by atoms with Crippen LogP contribution in [0.2, 0.25) is 0 Å². The number of nitrogens with one attached hydrogen (secondary N) is 2. The molecule has 0 saturated carbocycles. The third kappa shape index (κ3) is 5.77. The maximum atomic E-state index is 12.6. The Bertz CT molecular complexity index is 1340. The third-order valence-corrected chi connectivity index (χ3v) is 8.02. The van der Waals surface area contributed by atoms with Gasteiger partial charge in [0.1, 0.15) is 5.76 Å². The number of aliphatic carboxylic acids is 1. The van der Waals surface area contributed by atoms with Crippen molar-refractivity contribution in [1.82, 2.24) is 10.2 Å². The second kappa shape index (κ2) is 11.4. The number of carboxylic acid groups (broad SMARTS) is 1. The van der Waals surface area contributed by atoms with E-state index in [2.05, 4.69) is 47.1 Å². The first-order valence-corrected chi connectivity index (χ1v) is 13.4. The Morgan fingerprint density at radius 1 is 1.03 bits per heavy atom. The molecule has 8 nitrogen and oxygen atoms in total. The predicted molar refractivity (Wildman–Crippen MR) is 155 cm³/mol. The van der Waals surface area contributed by atoms with Gasteiger partial charge in [0.05, 0.1) is 17.3 Å². The summed E-state index contributed by atoms with van der Waals surface area (Å²) >= 11 is 2.22. The van der Waals surface area contributed by atoms with Crippen LogP contribution in [0.5, 0.6) is 0 Å². The standard InChI is InChI=1S/C29H30IN3O5/c1-16(2)17-8-10-20(11-9-17)32-25(35)12-13-31-28(36)19-6-4-18(5-7-19)27-26(30)21-14-22(29(37)38)24(34)15-23(21)33(27)3/h4-11,14-16,21,23,34H,12-13H2,1-3H3,(H,31,36)(H,32,35)(H,37,38). The Morgan fingerprint density at radius 2 is 1.68 bits per heavy atom. The number of hydrogen-bond donors (Lipinski definition) is 4. The summed E-state index contributed by atoms with van der Waals surface area (Å²) in [5.41, 5.74) is 4.09. The molecule has 0 aromatic heterocycles. The van der Waals surface area contributed by atoms with Crippen molar-refractivity contribution in [2.24, 2.45) is 5.92 Å². The molecule has 4 rings (SSSR count). The van der Waals surface area contributed by atoms with Crippen molar-refractivity contribution in [3.8, 4) is 0 Å². The summed E-state index contributed by atoms with van der Waals surface area (Å²) in [5, 5.41) is 25.1. The predicted octanol–water partition coefficient (Wildman–Crippen LogP) is 5.07. The van der Waals surface area contributed by atoms with Gasteiger partial charge in [0.15, 0.2) is 0 Å². The Kier molecular flexibility index (Phi) is 8.25. The lowest BCUT2D eigenvalue weighted by atomic mass is 9.91. The minimum absolute atomic E-state index is 0.0974. The zero-order valence-electron chi connectivity index (χ0n) is 21.4. The molecule has 9 heteroatoms. The number of aliphatic hydroxyl groups excluding tert-OH is 1. The minimum atomic E-state index is -1.16. The van der Waals surface area contributed by atoms with E-state index in [1.54, 1.807) is 24.3 Å². The molecule has 2 atom stereocenters. The van der Waals surface area contributed by atoms with Crippen LogP contribution < -0.4 is 10.6 Å². The topological polar surface area (TPSA) is 119 Å². The molecule has 198 valence electrons. The lowest BCUT2D eigenvalue weighted by Crippen LogP contribution is -2.31. The number of amides is 2. The molecule has 0 bridgehead atoms. The summed E-state index contributed by atoms with van der Waals surface area (Å²) in [6.45, 7) is 4.43. The highest BCUT2D eigenvalue weighted by Gasteiger charge is 2.40. The van der Waals surface area contributed by atoms with Crippen molar-refractivity contribution in [1.29, 1.82) is 0 Å². The maximum absolute atomic E-state index is 12.6. The average molecular weight is 627 g/mol. The Balaban J connectivity index is 1.34. The van der Waals surface area contributed by atoms with Crippen LogP contribution >= 0.6 is 22.6 Å². The van der Waals surface area contributed by atoms with Crippen LogP contribution in [0.1, 0.15) is 47.7 Å². The summed E-state index contributed by atoms with van der Waals surface area (Å²) < 4.78 is 0.958. The van der Waals surface area contributed by atoms with E-state index >= 15 is 0 Å². The number of benzene rings is 2. The van der Waals surface area contributed by atoms with Gasteiger partial charge in [0, 0.05) is 40.8 Å². The molecular formula is C29H30IN3O5. The molecule has 2 aromatic carbocycles. The average Bonchev–Trinajstić information content (AvgIpc) is 3.12. The van der Waals surface area contributed by atoms with E-state index < -0.39 is 5.97 Å². The van der Waals surface area contributed by atoms with E-state index in [4.69, 9.17) is 0 Å². The van der Waals surface area contributed by atoms with E-state index in [1.807, 2.05) is 48.3 Å². The van der Waals surface area contributed by atoms with E-state index in [0.717, 1.165) is 20.5 Å². The maximum Gasteiger partial charge on any atom is 0.339 e. The molecule has 1 aliphatic carbocycles. The number of rotatable bonds is 8. The van der Waals surface area contributed by atoms with Crippen LogP contribution in [0.3, 0.4) is 0 Å². The fraction of sp³-hybridized carbons (Fsp3) is 0.276. The van der Waals surface area contributed by atoms with Crippen molar-refractivity contribution in [2.75, 3.05) is 18.9 Å². The van der Waals surface area contributed by atoms with Crippen molar-refractivity contribution < 1.29 is 24.6 Å². The van der Waals surface area contributed by atoms with Crippen molar-refractivity contribution in [3.63, 3.8) is 0 Å². The van der Waals surface area contributed by atoms with Crippen LogP contribution in [0.4, 0.5) is 5.69 Å². The van der Waals surface area contributed by atoms with Gasteiger partial charge in [-0.25, -0.2) is 4.79 Å². The van der Waals surface area contributed by atoms with Crippen LogP contribution in [0.15, 0.2) is 75.6 Å². The lowest BCUT2D eigenvalue weighted by molar-refractivity contribution is -0.132. The van der Waals surface area contributed by atoms with Gasteiger partial charge in [0.2, 0.25) is 5.91 Å². The summed E-state index contributed by atoms with van der Waals surface area (Å²) in [6.07, 6.45) is 3.31. The van der Waals surface area contributed by atoms with Crippen LogP contribution in [0.25, 0.3) is 5.70 Å². The number of likely N-dealkylation sites (N-methyl/N-ethyl adjacent to an activating group) is 1. The van der Waals surface area contributed by atoms with Gasteiger partial charge in [-0.3, -0.25) is 9.59 Å². The molecule has 0 saturated heterocycles. The molecule has 1 heterocycles. The number of nitrogens with zero attached hydrogens (tertiary/aromatic N) is 1. The van der Waals surface area contributed by atoms with E-state index in [0.29, 0.717) is 11.5 Å². The largest absolute Gasteiger partial charge is 0.507 e. The summed E-state index contributed by atoms with van der Waals surface area (Å²) in [7, 11) is 1.90. The Hall–Kier alpha value is -3.60. The number of carbonyl (C=O) groups excluding carboxylic acids is 2. The van der Waals surface area contributed by atoms with Gasteiger partial charge in [-0.15, -0.1) is 0 Å². The van der Waals surface area contributed by atoms with Gasteiger partial charge in [-0.2, -0.15) is 0 Å². The molecule has 0 radical (unpaired) electrons. The number of anilines is 1. The molecule has 1 aliphatic heterocycles. The van der Waals surface area contributed by atoms with E-state index in [1.165, 1.54) is 5.56 Å². The van der Waals surface area contributed by atoms with Crippen molar-refractivity contribution in [3.05, 3.63) is 92.3 Å². The van der Waals surface area contributed by atoms with Gasteiger partial charge >= 0.3 is 5.97 Å². The molecular weight excluding hydrogens is 597 g/mol. The first kappa shape index (κ1) is 27.4. The molecule has 2 aromatic rings. The number of carbonyl (C=O) groups is 3. The molecule has 2 aliphatic rings. The number of hydrogen-bond acceptors (Lipinski definition) is 5. The zero-order valence-corrected chi connectivity index (χ0v) is 23.5. The van der Waals surface area contributed by atoms with E-state index in [-0.39, 0.29) is 48.1 Å². The fourth-order valence-corrected chi connectivity index (χ4v) is 5.88. The summed E-state index contributed by atoms with van der Waals surface area (Å²) in [6, 6.07) is 14.7. The summed E-state index contributed by atoms with van der Waals surface area (Å²) in [4.78, 5) is 38.3. The second-order valence-corrected chi connectivity index (χ2v) is 10.8.